The molecule has 0 heterocycles. The molecule has 0 amide bonds. The summed E-state index contributed by atoms with van der Waals surface area (Å²) < 4.78 is 0. The van der Waals surface area contributed by atoms with Crippen molar-refractivity contribution >= 4 is 11.6 Å². The van der Waals surface area contributed by atoms with Gasteiger partial charge in [-0.3, -0.25) is 0 Å². The van der Waals surface area contributed by atoms with Gasteiger partial charge in [0, 0.05) is 5.02 Å². The summed E-state index contributed by atoms with van der Waals surface area (Å²) in [5.74, 6) is 0. The average Bonchev–Trinajstić information content (AvgIpc) is 1.98. The van der Waals surface area contributed by atoms with Crippen LogP contribution in [-0.4, -0.2) is 11.2 Å². The van der Waals surface area contributed by atoms with Gasteiger partial charge in [0.15, 0.2) is 0 Å². The number of hydrogen-bond donors (Lipinski definition) is 1. The van der Waals surface area contributed by atoms with E-state index in [4.69, 9.17) is 11.6 Å². The maximum Gasteiger partial charge on any atom is 0.0552 e. The fourth-order valence-corrected chi connectivity index (χ4v) is 1.71. The van der Waals surface area contributed by atoms with Crippen LogP contribution in [-0.2, 0) is 6.42 Å². The lowest BCUT2D eigenvalue weighted by molar-refractivity contribution is 0.195. The Balaban J connectivity index is 3.05. The van der Waals surface area contributed by atoms with Gasteiger partial charge in [0.2, 0.25) is 0 Å². The van der Waals surface area contributed by atoms with E-state index >= 15 is 0 Å². The Morgan fingerprint density at radius 1 is 1.38 bits per heavy atom. The fourth-order valence-electron chi connectivity index (χ4n) is 1.41. The van der Waals surface area contributed by atoms with E-state index in [1.54, 1.807) is 6.92 Å². The highest BCUT2D eigenvalue weighted by atomic mass is 35.5. The molecular weight excluding hydrogens is 184 g/mol. The summed E-state index contributed by atoms with van der Waals surface area (Å²) in [7, 11) is 0. The molecule has 0 saturated heterocycles. The lowest BCUT2D eigenvalue weighted by Crippen LogP contribution is -2.06. The van der Waals surface area contributed by atoms with E-state index in [1.807, 2.05) is 19.1 Å². The molecule has 0 aliphatic carbocycles. The number of halogens is 1. The minimum Gasteiger partial charge on any atom is -0.393 e. The third kappa shape index (κ3) is 2.71. The summed E-state index contributed by atoms with van der Waals surface area (Å²) >= 11 is 5.92. The molecule has 2 heteroatoms. The molecule has 0 aliphatic rings. The molecule has 1 aromatic rings. The number of hydrogen-bond acceptors (Lipinski definition) is 1. The summed E-state index contributed by atoms with van der Waals surface area (Å²) in [4.78, 5) is 0. The molecular formula is C11H15ClO. The van der Waals surface area contributed by atoms with E-state index in [0.717, 1.165) is 10.6 Å². The molecule has 0 aromatic heterocycles. The quantitative estimate of drug-likeness (QED) is 0.775. The van der Waals surface area contributed by atoms with Crippen molar-refractivity contribution in [1.29, 1.82) is 0 Å². The molecule has 1 N–H and O–H groups in total. The van der Waals surface area contributed by atoms with Gasteiger partial charge in [-0.15, -0.1) is 0 Å². The van der Waals surface area contributed by atoms with E-state index in [1.165, 1.54) is 11.1 Å². The standard InChI is InChI=1S/C11H15ClO/c1-7-4-11(12)6-10(9(7)3)5-8(2)13/h4,6,8,13H,5H2,1-3H3. The first-order valence-electron chi connectivity index (χ1n) is 4.44. The third-order valence-corrected chi connectivity index (χ3v) is 2.47. The molecule has 1 atom stereocenters. The van der Waals surface area contributed by atoms with E-state index in [2.05, 4.69) is 6.92 Å². The number of benzene rings is 1. The summed E-state index contributed by atoms with van der Waals surface area (Å²) in [6, 6.07) is 3.87. The lowest BCUT2D eigenvalue weighted by Gasteiger charge is -2.11. The molecule has 0 fully saturated rings. The van der Waals surface area contributed by atoms with Gasteiger partial charge in [-0.05, 0) is 56.0 Å². The Bertz CT molecular complexity index is 305. The van der Waals surface area contributed by atoms with Crippen molar-refractivity contribution in [3.8, 4) is 0 Å². The van der Waals surface area contributed by atoms with Crippen LogP contribution in [0.5, 0.6) is 0 Å². The molecule has 72 valence electrons. The van der Waals surface area contributed by atoms with Gasteiger partial charge in [-0.2, -0.15) is 0 Å². The average molecular weight is 199 g/mol. The van der Waals surface area contributed by atoms with Crippen molar-refractivity contribution in [1.82, 2.24) is 0 Å². The van der Waals surface area contributed by atoms with Crippen molar-refractivity contribution in [3.05, 3.63) is 33.8 Å². The van der Waals surface area contributed by atoms with Gasteiger partial charge in [0.25, 0.3) is 0 Å². The first kappa shape index (κ1) is 10.6. The van der Waals surface area contributed by atoms with Gasteiger partial charge in [-0.25, -0.2) is 0 Å². The van der Waals surface area contributed by atoms with Crippen LogP contribution < -0.4 is 0 Å². The summed E-state index contributed by atoms with van der Waals surface area (Å²) in [6.07, 6.45) is 0.365. The zero-order chi connectivity index (χ0) is 10.0. The molecule has 1 nitrogen and oxygen atoms in total. The molecule has 0 saturated carbocycles. The smallest absolute Gasteiger partial charge is 0.0552 e. The molecule has 0 spiro atoms. The Morgan fingerprint density at radius 3 is 2.54 bits per heavy atom. The van der Waals surface area contributed by atoms with Crippen LogP contribution in [0, 0.1) is 13.8 Å². The number of aliphatic hydroxyl groups excluding tert-OH is 1. The first-order valence-corrected chi connectivity index (χ1v) is 4.82. The predicted octanol–water partition coefficient (Wildman–Crippen LogP) is 2.88. The van der Waals surface area contributed by atoms with Crippen LogP contribution >= 0.6 is 11.6 Å². The van der Waals surface area contributed by atoms with Crippen LogP contribution in [0.25, 0.3) is 0 Å². The third-order valence-electron chi connectivity index (χ3n) is 2.26. The van der Waals surface area contributed by atoms with E-state index < -0.39 is 0 Å². The largest absolute Gasteiger partial charge is 0.393 e. The Hall–Kier alpha value is -0.530. The van der Waals surface area contributed by atoms with Crippen molar-refractivity contribution in [2.75, 3.05) is 0 Å². The highest BCUT2D eigenvalue weighted by Gasteiger charge is 2.05. The fraction of sp³-hybridized carbons (Fsp3) is 0.455. The Labute approximate surface area is 84.4 Å². The maximum absolute atomic E-state index is 9.27. The molecule has 0 bridgehead atoms. The molecule has 1 aromatic carbocycles. The molecule has 1 unspecified atom stereocenters. The SMILES string of the molecule is Cc1cc(Cl)cc(CC(C)O)c1C. The zero-order valence-electron chi connectivity index (χ0n) is 8.26. The van der Waals surface area contributed by atoms with Crippen LogP contribution in [0.3, 0.4) is 0 Å². The summed E-state index contributed by atoms with van der Waals surface area (Å²) in [6.45, 7) is 5.88. The number of rotatable bonds is 2. The Morgan fingerprint density at radius 2 is 2.00 bits per heavy atom. The highest BCUT2D eigenvalue weighted by Crippen LogP contribution is 2.20. The molecule has 0 radical (unpaired) electrons. The number of aliphatic hydroxyl groups is 1. The lowest BCUT2D eigenvalue weighted by atomic mass is 9.99. The van der Waals surface area contributed by atoms with Gasteiger partial charge in [-0.1, -0.05) is 11.6 Å². The van der Waals surface area contributed by atoms with E-state index in [-0.39, 0.29) is 6.10 Å². The summed E-state index contributed by atoms with van der Waals surface area (Å²) in [5, 5.41) is 10.0. The van der Waals surface area contributed by atoms with Gasteiger partial charge < -0.3 is 5.11 Å². The topological polar surface area (TPSA) is 20.2 Å². The normalized spacial score (nSPS) is 13.0. The van der Waals surface area contributed by atoms with E-state index in [9.17, 15) is 5.11 Å². The second-order valence-electron chi connectivity index (χ2n) is 3.56. The maximum atomic E-state index is 9.27. The van der Waals surface area contributed by atoms with Crippen LogP contribution in [0.2, 0.25) is 5.02 Å². The molecule has 0 aliphatic heterocycles. The van der Waals surface area contributed by atoms with Gasteiger partial charge in [0.05, 0.1) is 6.10 Å². The van der Waals surface area contributed by atoms with Crippen LogP contribution in [0.4, 0.5) is 0 Å². The first-order chi connectivity index (χ1) is 6.00. The highest BCUT2D eigenvalue weighted by molar-refractivity contribution is 6.30. The van der Waals surface area contributed by atoms with Crippen molar-refractivity contribution in [3.63, 3.8) is 0 Å². The van der Waals surface area contributed by atoms with Gasteiger partial charge in [0.1, 0.15) is 0 Å². The monoisotopic (exact) mass is 198 g/mol. The number of aryl methyl sites for hydroxylation is 1. The minimum absolute atomic E-state index is 0.309. The second-order valence-corrected chi connectivity index (χ2v) is 4.00. The van der Waals surface area contributed by atoms with Crippen molar-refractivity contribution in [2.24, 2.45) is 0 Å². The molecule has 13 heavy (non-hydrogen) atoms. The van der Waals surface area contributed by atoms with Crippen LogP contribution in [0.15, 0.2) is 12.1 Å². The van der Waals surface area contributed by atoms with Crippen molar-refractivity contribution in [2.45, 2.75) is 33.3 Å². The van der Waals surface area contributed by atoms with Crippen LogP contribution in [0.1, 0.15) is 23.6 Å². The van der Waals surface area contributed by atoms with E-state index in [0.29, 0.717) is 6.42 Å². The zero-order valence-corrected chi connectivity index (χ0v) is 9.02. The predicted molar refractivity (Wildman–Crippen MR) is 56.3 cm³/mol. The molecule has 1 rings (SSSR count). The second kappa shape index (κ2) is 4.12. The summed E-state index contributed by atoms with van der Waals surface area (Å²) in [5.41, 5.74) is 3.55. The van der Waals surface area contributed by atoms with Gasteiger partial charge >= 0.3 is 0 Å². The van der Waals surface area contributed by atoms with Crippen molar-refractivity contribution < 1.29 is 5.11 Å². The Kier molecular flexibility index (Phi) is 3.34. The minimum atomic E-state index is -0.309.